The fourth-order valence-electron chi connectivity index (χ4n) is 2.38. The van der Waals surface area contributed by atoms with E-state index in [0.29, 0.717) is 5.13 Å². The molecule has 0 radical (unpaired) electrons. The van der Waals surface area contributed by atoms with Crippen molar-refractivity contribution in [3.8, 4) is 0 Å². The Kier molecular flexibility index (Phi) is 2.97. The molecule has 1 saturated carbocycles. The van der Waals surface area contributed by atoms with Gasteiger partial charge in [-0.3, -0.25) is 14.5 Å². The van der Waals surface area contributed by atoms with Crippen molar-refractivity contribution in [2.45, 2.75) is 25.3 Å². The van der Waals surface area contributed by atoms with E-state index in [2.05, 4.69) is 15.6 Å². The SMILES string of the molecule is C[C@@]1(C2CC2)NC(=O)N(CC(=O)Nc2nccs2)C1=O. The summed E-state index contributed by atoms with van der Waals surface area (Å²) in [7, 11) is 0. The molecule has 2 N–H and O–H groups in total. The van der Waals surface area contributed by atoms with E-state index in [4.69, 9.17) is 0 Å². The number of carbonyl (C=O) groups excluding carboxylic acids is 3. The van der Waals surface area contributed by atoms with Crippen molar-refractivity contribution in [2.24, 2.45) is 5.92 Å². The van der Waals surface area contributed by atoms with Gasteiger partial charge in [-0.1, -0.05) is 0 Å². The minimum atomic E-state index is -0.849. The molecule has 0 spiro atoms. The fourth-order valence-corrected chi connectivity index (χ4v) is 2.93. The van der Waals surface area contributed by atoms with Gasteiger partial charge in [-0.05, 0) is 25.7 Å². The molecule has 1 aliphatic heterocycles. The molecule has 0 bridgehead atoms. The Morgan fingerprint density at radius 3 is 2.95 bits per heavy atom. The summed E-state index contributed by atoms with van der Waals surface area (Å²) in [5.41, 5.74) is -0.849. The fraction of sp³-hybridized carbons (Fsp3) is 0.500. The average Bonchev–Trinajstić information content (AvgIpc) is 3.10. The number of nitrogens with one attached hydrogen (secondary N) is 2. The summed E-state index contributed by atoms with van der Waals surface area (Å²) < 4.78 is 0. The first-order valence-corrected chi connectivity index (χ1v) is 7.22. The molecular weight excluding hydrogens is 280 g/mol. The number of nitrogens with zero attached hydrogens (tertiary/aromatic N) is 2. The van der Waals surface area contributed by atoms with Crippen molar-refractivity contribution in [3.05, 3.63) is 11.6 Å². The van der Waals surface area contributed by atoms with E-state index in [1.54, 1.807) is 18.5 Å². The van der Waals surface area contributed by atoms with Gasteiger partial charge in [-0.25, -0.2) is 9.78 Å². The average molecular weight is 294 g/mol. The van der Waals surface area contributed by atoms with E-state index in [-0.39, 0.29) is 18.4 Å². The van der Waals surface area contributed by atoms with Gasteiger partial charge in [-0.15, -0.1) is 11.3 Å². The van der Waals surface area contributed by atoms with Crippen LogP contribution in [0, 0.1) is 5.92 Å². The molecular formula is C12H14N4O3S. The lowest BCUT2D eigenvalue weighted by Crippen LogP contribution is -2.46. The highest BCUT2D eigenvalue weighted by Gasteiger charge is 2.56. The van der Waals surface area contributed by atoms with Crippen molar-refractivity contribution in [3.63, 3.8) is 0 Å². The Hall–Kier alpha value is -1.96. The summed E-state index contributed by atoms with van der Waals surface area (Å²) in [4.78, 5) is 40.9. The Labute approximate surface area is 119 Å². The number of carbonyl (C=O) groups is 3. The zero-order valence-corrected chi connectivity index (χ0v) is 11.7. The van der Waals surface area contributed by atoms with Crippen molar-refractivity contribution in [1.29, 1.82) is 0 Å². The number of aromatic nitrogens is 1. The Morgan fingerprint density at radius 2 is 2.35 bits per heavy atom. The van der Waals surface area contributed by atoms with Crippen molar-refractivity contribution in [2.75, 3.05) is 11.9 Å². The van der Waals surface area contributed by atoms with Gasteiger partial charge >= 0.3 is 6.03 Å². The second kappa shape index (κ2) is 4.55. The van der Waals surface area contributed by atoms with Gasteiger partial charge in [-0.2, -0.15) is 0 Å². The molecule has 1 aromatic rings. The number of amides is 4. The molecule has 20 heavy (non-hydrogen) atoms. The van der Waals surface area contributed by atoms with Crippen LogP contribution in [0.5, 0.6) is 0 Å². The largest absolute Gasteiger partial charge is 0.325 e. The van der Waals surface area contributed by atoms with Gasteiger partial charge in [0, 0.05) is 11.6 Å². The van der Waals surface area contributed by atoms with Gasteiger partial charge < -0.3 is 10.6 Å². The van der Waals surface area contributed by atoms with Crippen LogP contribution in [-0.2, 0) is 9.59 Å². The van der Waals surface area contributed by atoms with Crippen LogP contribution in [-0.4, -0.2) is 39.8 Å². The van der Waals surface area contributed by atoms with Gasteiger partial charge in [0.05, 0.1) is 0 Å². The lowest BCUT2D eigenvalue weighted by atomic mass is 9.96. The number of hydrogen-bond donors (Lipinski definition) is 2. The molecule has 2 heterocycles. The number of thiazole rings is 1. The zero-order chi connectivity index (χ0) is 14.3. The number of urea groups is 1. The van der Waals surface area contributed by atoms with Crippen LogP contribution >= 0.6 is 11.3 Å². The predicted octanol–water partition coefficient (Wildman–Crippen LogP) is 0.802. The van der Waals surface area contributed by atoms with E-state index >= 15 is 0 Å². The smallest absolute Gasteiger partial charge is 0.323 e. The normalized spacial score (nSPS) is 25.8. The lowest BCUT2D eigenvalue weighted by Gasteiger charge is -2.20. The minimum absolute atomic E-state index is 0.186. The van der Waals surface area contributed by atoms with Gasteiger partial charge in [0.15, 0.2) is 5.13 Å². The first-order valence-electron chi connectivity index (χ1n) is 6.34. The summed E-state index contributed by atoms with van der Waals surface area (Å²) in [6.07, 6.45) is 3.43. The van der Waals surface area contributed by atoms with Crippen LogP contribution in [0.2, 0.25) is 0 Å². The molecule has 1 saturated heterocycles. The molecule has 2 aliphatic rings. The summed E-state index contributed by atoms with van der Waals surface area (Å²) in [5, 5.41) is 7.44. The second-order valence-electron chi connectivity index (χ2n) is 5.18. The maximum atomic E-state index is 12.3. The molecule has 0 aromatic carbocycles. The van der Waals surface area contributed by atoms with E-state index in [9.17, 15) is 14.4 Å². The molecule has 3 rings (SSSR count). The molecule has 2 fully saturated rings. The molecule has 1 atom stereocenters. The van der Waals surface area contributed by atoms with E-state index in [0.717, 1.165) is 17.7 Å². The van der Waals surface area contributed by atoms with Gasteiger partial charge in [0.25, 0.3) is 5.91 Å². The van der Waals surface area contributed by atoms with Crippen LogP contribution < -0.4 is 10.6 Å². The van der Waals surface area contributed by atoms with Crippen molar-refractivity contribution >= 4 is 34.3 Å². The van der Waals surface area contributed by atoms with Gasteiger partial charge in [0.2, 0.25) is 5.91 Å². The molecule has 1 aromatic heterocycles. The Morgan fingerprint density at radius 1 is 1.60 bits per heavy atom. The highest BCUT2D eigenvalue weighted by molar-refractivity contribution is 7.13. The summed E-state index contributed by atoms with van der Waals surface area (Å²) in [6, 6.07) is -0.501. The summed E-state index contributed by atoms with van der Waals surface area (Å²) in [6.45, 7) is 1.44. The Balaban J connectivity index is 1.66. The maximum absolute atomic E-state index is 12.3. The topological polar surface area (TPSA) is 91.4 Å². The predicted molar refractivity (Wildman–Crippen MR) is 72.1 cm³/mol. The lowest BCUT2D eigenvalue weighted by molar-refractivity contribution is -0.134. The number of anilines is 1. The summed E-state index contributed by atoms with van der Waals surface area (Å²) >= 11 is 1.28. The third-order valence-corrected chi connectivity index (χ3v) is 4.36. The van der Waals surface area contributed by atoms with Crippen LogP contribution in [0.15, 0.2) is 11.6 Å². The molecule has 0 unspecified atom stereocenters. The first kappa shape index (κ1) is 13.0. The van der Waals surface area contributed by atoms with Gasteiger partial charge in [0.1, 0.15) is 12.1 Å². The molecule has 7 nitrogen and oxygen atoms in total. The highest BCUT2D eigenvalue weighted by Crippen LogP contribution is 2.42. The molecule has 4 amide bonds. The van der Waals surface area contributed by atoms with E-state index in [1.807, 2.05) is 0 Å². The standard InChI is InChI=1S/C12H14N4O3S/c1-12(7-2-3-7)9(18)16(11(19)15-12)6-8(17)14-10-13-4-5-20-10/h4-5,7H,2-3,6H2,1H3,(H,15,19)(H,13,14,17)/t12-/m0/s1. The minimum Gasteiger partial charge on any atom is -0.323 e. The van der Waals surface area contributed by atoms with E-state index < -0.39 is 17.5 Å². The van der Waals surface area contributed by atoms with E-state index in [1.165, 1.54) is 11.3 Å². The zero-order valence-electron chi connectivity index (χ0n) is 10.9. The molecule has 8 heteroatoms. The number of imide groups is 1. The number of rotatable bonds is 4. The van der Waals surface area contributed by atoms with Crippen LogP contribution in [0.1, 0.15) is 19.8 Å². The first-order chi connectivity index (χ1) is 9.50. The summed E-state index contributed by atoms with van der Waals surface area (Å²) in [5.74, 6) is -0.561. The second-order valence-corrected chi connectivity index (χ2v) is 6.08. The van der Waals surface area contributed by atoms with Crippen molar-refractivity contribution < 1.29 is 14.4 Å². The maximum Gasteiger partial charge on any atom is 0.325 e. The third kappa shape index (κ3) is 2.15. The van der Waals surface area contributed by atoms with Crippen LogP contribution in [0.4, 0.5) is 9.93 Å². The Bertz CT molecular complexity index is 569. The quantitative estimate of drug-likeness (QED) is 0.804. The monoisotopic (exact) mass is 294 g/mol. The van der Waals surface area contributed by atoms with Crippen molar-refractivity contribution in [1.82, 2.24) is 15.2 Å². The molecule has 106 valence electrons. The highest BCUT2D eigenvalue weighted by atomic mass is 32.1. The van der Waals surface area contributed by atoms with Crippen LogP contribution in [0.25, 0.3) is 0 Å². The number of hydrogen-bond acceptors (Lipinski definition) is 5. The third-order valence-electron chi connectivity index (χ3n) is 3.68. The molecule has 1 aliphatic carbocycles. The van der Waals surface area contributed by atoms with Crippen LogP contribution in [0.3, 0.4) is 0 Å².